The van der Waals surface area contributed by atoms with E-state index < -0.39 is 38.2 Å². The van der Waals surface area contributed by atoms with Crippen LogP contribution in [0.2, 0.25) is 0 Å². The Bertz CT molecular complexity index is 1550. The van der Waals surface area contributed by atoms with Crippen LogP contribution in [0.5, 0.6) is 5.75 Å². The lowest BCUT2D eigenvalue weighted by Gasteiger charge is -2.28. The molecule has 3 aromatic carbocycles. The first kappa shape index (κ1) is 25.0. The fraction of sp³-hybridized carbons (Fsp3) is 0.167. The van der Waals surface area contributed by atoms with Crippen molar-refractivity contribution in [1.82, 2.24) is 0 Å². The molecule has 0 saturated heterocycles. The number of fused-ring (bicyclic) bond motifs is 1. The molecule has 0 aromatic heterocycles. The molecule has 6 N–H and O–H groups in total. The smallest absolute Gasteiger partial charge is 0.296 e. The second-order valence-corrected chi connectivity index (χ2v) is 9.52. The topological polar surface area (TPSA) is 185 Å². The fourth-order valence-electron chi connectivity index (χ4n) is 3.69. The number of nitrogen functional groups attached to an aromatic ring is 2. The molecular weight excluding hydrogens is 484 g/mol. The van der Waals surface area contributed by atoms with E-state index in [1.165, 1.54) is 25.3 Å². The molecular formula is C24H24N6O5S. The van der Waals surface area contributed by atoms with Gasteiger partial charge >= 0.3 is 0 Å². The van der Waals surface area contributed by atoms with Crippen molar-refractivity contribution in [3.63, 3.8) is 0 Å². The standard InChI is InChI=1S/C24H24N6O5S/c1-14-11-19(9-10-24(14,35-2)30-28-18-7-5-16(25)6-8-18)27-29-22-21(36(32,33)34)12-15-3-4-17(26)13-20(15)23(22)31/h3-13,19,31H,25-26H2,1-2H3,(H,32,33,34)/t19-,24-/m1/s1. The molecule has 36 heavy (non-hydrogen) atoms. The minimum atomic E-state index is -4.71. The molecule has 0 aliphatic heterocycles. The van der Waals surface area contributed by atoms with Crippen molar-refractivity contribution < 1.29 is 22.8 Å². The van der Waals surface area contributed by atoms with E-state index in [0.717, 1.165) is 0 Å². The Morgan fingerprint density at radius 1 is 1.03 bits per heavy atom. The van der Waals surface area contributed by atoms with Gasteiger partial charge in [0.25, 0.3) is 10.1 Å². The number of nitrogens with two attached hydrogens (primary N) is 2. The highest BCUT2D eigenvalue weighted by molar-refractivity contribution is 7.86. The van der Waals surface area contributed by atoms with E-state index in [-0.39, 0.29) is 5.39 Å². The summed E-state index contributed by atoms with van der Waals surface area (Å²) in [5, 5.41) is 28.1. The van der Waals surface area contributed by atoms with Gasteiger partial charge in [0.05, 0.1) is 5.69 Å². The first-order chi connectivity index (χ1) is 17.0. The molecule has 0 heterocycles. The van der Waals surface area contributed by atoms with E-state index in [0.29, 0.717) is 28.0 Å². The van der Waals surface area contributed by atoms with Crippen molar-refractivity contribution in [2.24, 2.45) is 20.5 Å². The van der Waals surface area contributed by atoms with Crippen molar-refractivity contribution in [3.8, 4) is 5.75 Å². The lowest BCUT2D eigenvalue weighted by Crippen LogP contribution is -2.31. The first-order valence-electron chi connectivity index (χ1n) is 10.7. The predicted molar refractivity (Wildman–Crippen MR) is 136 cm³/mol. The van der Waals surface area contributed by atoms with Gasteiger partial charge < -0.3 is 21.3 Å². The van der Waals surface area contributed by atoms with E-state index >= 15 is 0 Å². The number of phenolic OH excluding ortho intramolecular Hbond substituents is 1. The SMILES string of the molecule is CO[C@]1(N=Nc2ccc(N)cc2)C=C[C@@H](N=Nc2c(S(=O)(=O)O)cc3ccc(N)cc3c2O)C=C1C. The van der Waals surface area contributed by atoms with E-state index in [2.05, 4.69) is 20.5 Å². The molecule has 1 aliphatic rings. The van der Waals surface area contributed by atoms with Crippen LogP contribution in [0.3, 0.4) is 0 Å². The third kappa shape index (κ3) is 4.96. The van der Waals surface area contributed by atoms with Gasteiger partial charge in [-0.2, -0.15) is 18.6 Å². The van der Waals surface area contributed by atoms with Gasteiger partial charge in [-0.25, -0.2) is 0 Å². The Hall–Kier alpha value is -4.13. The molecule has 1 aliphatic carbocycles. The molecule has 0 fully saturated rings. The zero-order valence-corrected chi connectivity index (χ0v) is 20.2. The number of rotatable bonds is 6. The number of anilines is 2. The summed E-state index contributed by atoms with van der Waals surface area (Å²) in [6.45, 7) is 1.78. The van der Waals surface area contributed by atoms with Gasteiger partial charge in [-0.15, -0.1) is 10.2 Å². The third-order valence-electron chi connectivity index (χ3n) is 5.67. The van der Waals surface area contributed by atoms with Crippen LogP contribution in [-0.4, -0.2) is 37.0 Å². The maximum absolute atomic E-state index is 12.0. The fourth-order valence-corrected chi connectivity index (χ4v) is 4.35. The Morgan fingerprint density at radius 3 is 2.36 bits per heavy atom. The number of azo groups is 2. The minimum absolute atomic E-state index is 0.267. The predicted octanol–water partition coefficient (Wildman–Crippen LogP) is 5.05. The first-order valence-corrected chi connectivity index (χ1v) is 12.1. The lowest BCUT2D eigenvalue weighted by atomic mass is 9.96. The number of hydrogen-bond acceptors (Lipinski definition) is 10. The van der Waals surface area contributed by atoms with Crippen molar-refractivity contribution >= 4 is 43.6 Å². The van der Waals surface area contributed by atoms with Gasteiger partial charge in [0.1, 0.15) is 16.6 Å². The molecule has 2 atom stereocenters. The zero-order chi connectivity index (χ0) is 26.1. The maximum Gasteiger partial charge on any atom is 0.296 e. The van der Waals surface area contributed by atoms with Crippen LogP contribution < -0.4 is 11.5 Å². The van der Waals surface area contributed by atoms with Gasteiger partial charge in [-0.3, -0.25) is 4.55 Å². The molecule has 3 aromatic rings. The number of hydrogen-bond donors (Lipinski definition) is 4. The average Bonchev–Trinajstić information content (AvgIpc) is 2.84. The molecule has 0 amide bonds. The lowest BCUT2D eigenvalue weighted by molar-refractivity contribution is 0.0640. The number of aromatic hydroxyl groups is 1. The van der Waals surface area contributed by atoms with Crippen LogP contribution in [0.1, 0.15) is 6.92 Å². The van der Waals surface area contributed by atoms with Crippen molar-refractivity contribution in [3.05, 3.63) is 72.3 Å². The summed E-state index contributed by atoms with van der Waals surface area (Å²) >= 11 is 0. The zero-order valence-electron chi connectivity index (χ0n) is 19.4. The largest absolute Gasteiger partial charge is 0.505 e. The van der Waals surface area contributed by atoms with Crippen molar-refractivity contribution in [1.29, 1.82) is 0 Å². The quantitative estimate of drug-likeness (QED) is 0.155. The summed E-state index contributed by atoms with van der Waals surface area (Å²) in [5.41, 5.74) is 12.1. The van der Waals surface area contributed by atoms with Gasteiger partial charge in [0, 0.05) is 23.9 Å². The van der Waals surface area contributed by atoms with E-state index in [9.17, 15) is 18.1 Å². The van der Waals surface area contributed by atoms with E-state index in [4.69, 9.17) is 16.2 Å². The Morgan fingerprint density at radius 2 is 1.72 bits per heavy atom. The highest BCUT2D eigenvalue weighted by Crippen LogP contribution is 2.42. The molecule has 0 bridgehead atoms. The van der Waals surface area contributed by atoms with Crippen LogP contribution in [0, 0.1) is 0 Å². The number of ether oxygens (including phenoxy) is 1. The molecule has 0 spiro atoms. The summed E-state index contributed by atoms with van der Waals surface area (Å²) in [7, 11) is -3.23. The van der Waals surface area contributed by atoms with Gasteiger partial charge in [0.2, 0.25) is 5.72 Å². The van der Waals surface area contributed by atoms with Gasteiger partial charge in [-0.1, -0.05) is 18.2 Å². The number of phenols is 1. The highest BCUT2D eigenvalue weighted by atomic mass is 32.2. The average molecular weight is 509 g/mol. The van der Waals surface area contributed by atoms with Crippen LogP contribution in [0.25, 0.3) is 10.8 Å². The molecule has 11 nitrogen and oxygen atoms in total. The number of benzene rings is 3. The van der Waals surface area contributed by atoms with Crippen molar-refractivity contribution in [2.75, 3.05) is 18.6 Å². The normalized spacial score (nSPS) is 20.4. The summed E-state index contributed by atoms with van der Waals surface area (Å²) < 4.78 is 39.3. The third-order valence-corrected chi connectivity index (χ3v) is 6.54. The van der Waals surface area contributed by atoms with Crippen LogP contribution in [0.4, 0.5) is 22.7 Å². The van der Waals surface area contributed by atoms with Gasteiger partial charge in [-0.05, 0) is 66.4 Å². The molecule has 186 valence electrons. The Labute approximate surface area is 207 Å². The van der Waals surface area contributed by atoms with Gasteiger partial charge in [0.15, 0.2) is 5.75 Å². The van der Waals surface area contributed by atoms with Crippen LogP contribution in [0.15, 0.2) is 97.7 Å². The van der Waals surface area contributed by atoms with Crippen LogP contribution >= 0.6 is 0 Å². The molecule has 0 radical (unpaired) electrons. The summed E-state index contributed by atoms with van der Waals surface area (Å²) in [6.07, 6.45) is 5.00. The minimum Gasteiger partial charge on any atom is -0.505 e. The molecule has 4 rings (SSSR count). The Balaban J connectivity index is 1.67. The summed E-state index contributed by atoms with van der Waals surface area (Å²) in [5.74, 6) is -0.472. The number of nitrogens with zero attached hydrogens (tertiary/aromatic N) is 4. The van der Waals surface area contributed by atoms with Crippen LogP contribution in [-0.2, 0) is 14.9 Å². The monoisotopic (exact) mass is 508 g/mol. The maximum atomic E-state index is 12.0. The Kier molecular flexibility index (Phi) is 6.59. The number of methoxy groups -OCH3 is 1. The van der Waals surface area contributed by atoms with E-state index in [1.807, 2.05) is 0 Å². The summed E-state index contributed by atoms with van der Waals surface area (Å²) in [6, 6.07) is 12.0. The molecule has 12 heteroatoms. The van der Waals surface area contributed by atoms with E-state index in [1.54, 1.807) is 55.5 Å². The van der Waals surface area contributed by atoms with Crippen molar-refractivity contribution in [2.45, 2.75) is 23.6 Å². The summed E-state index contributed by atoms with van der Waals surface area (Å²) in [4.78, 5) is -0.579. The molecule has 0 saturated carbocycles. The second kappa shape index (κ2) is 9.49. The second-order valence-electron chi connectivity index (χ2n) is 8.13. The highest BCUT2D eigenvalue weighted by Gasteiger charge is 2.32. The molecule has 0 unspecified atom stereocenters.